The third-order valence-corrected chi connectivity index (χ3v) is 4.67. The van der Waals surface area contributed by atoms with Crippen molar-refractivity contribution in [2.45, 2.75) is 37.8 Å². The Labute approximate surface area is 135 Å². The minimum atomic E-state index is 0.188. The van der Waals surface area contributed by atoms with E-state index in [2.05, 4.69) is 9.88 Å². The summed E-state index contributed by atoms with van der Waals surface area (Å²) in [4.78, 5) is 11.4. The van der Waals surface area contributed by atoms with Crippen molar-refractivity contribution in [2.75, 3.05) is 31.2 Å². The second kappa shape index (κ2) is 6.33. The highest BCUT2D eigenvalue weighted by atomic mass is 16.5. The smallest absolute Gasteiger partial charge is 0.304 e. The van der Waals surface area contributed by atoms with Gasteiger partial charge in [0.2, 0.25) is 0 Å². The summed E-state index contributed by atoms with van der Waals surface area (Å²) < 4.78 is 13.5. The molecular weight excluding hydrogens is 294 g/mol. The van der Waals surface area contributed by atoms with Crippen LogP contribution in [0.25, 0.3) is 5.65 Å². The maximum Gasteiger partial charge on any atom is 0.304 e. The fourth-order valence-corrected chi connectivity index (χ4v) is 3.28. The normalized spacial score (nSPS) is 25.7. The van der Waals surface area contributed by atoms with Crippen LogP contribution in [-0.2, 0) is 4.74 Å². The van der Waals surface area contributed by atoms with Crippen LogP contribution in [0.15, 0.2) is 18.5 Å². The fourth-order valence-electron chi connectivity index (χ4n) is 3.28. The van der Waals surface area contributed by atoms with Crippen LogP contribution in [-0.4, -0.2) is 52.8 Å². The lowest BCUT2D eigenvalue weighted by atomic mass is 9.94. The molecule has 0 bridgehead atoms. The molecule has 7 heteroatoms. The predicted octanol–water partition coefficient (Wildman–Crippen LogP) is 1.21. The van der Waals surface area contributed by atoms with Crippen LogP contribution in [0.1, 0.15) is 25.7 Å². The molecule has 23 heavy (non-hydrogen) atoms. The van der Waals surface area contributed by atoms with Gasteiger partial charge in [0.05, 0.1) is 13.2 Å². The van der Waals surface area contributed by atoms with Crippen LogP contribution in [0.3, 0.4) is 0 Å². The molecule has 2 aromatic rings. The SMILES string of the molecule is NC1CCC(Oc2nc(N3CCOCC3)cc3nccn23)CC1. The molecule has 0 radical (unpaired) electrons. The third kappa shape index (κ3) is 3.11. The van der Waals surface area contributed by atoms with E-state index in [-0.39, 0.29) is 6.10 Å². The van der Waals surface area contributed by atoms with Gasteiger partial charge in [0.1, 0.15) is 17.6 Å². The molecule has 3 heterocycles. The monoisotopic (exact) mass is 317 g/mol. The van der Waals surface area contributed by atoms with Crippen molar-refractivity contribution in [2.24, 2.45) is 5.73 Å². The zero-order valence-corrected chi connectivity index (χ0v) is 13.2. The van der Waals surface area contributed by atoms with Gasteiger partial charge in [-0.3, -0.25) is 4.40 Å². The highest BCUT2D eigenvalue weighted by Crippen LogP contribution is 2.25. The first kappa shape index (κ1) is 14.7. The van der Waals surface area contributed by atoms with Gasteiger partial charge in [-0.15, -0.1) is 0 Å². The molecule has 1 aliphatic heterocycles. The molecule has 2 aromatic heterocycles. The molecule has 0 amide bonds. The lowest BCUT2D eigenvalue weighted by molar-refractivity contribution is 0.121. The third-order valence-electron chi connectivity index (χ3n) is 4.67. The number of nitrogens with zero attached hydrogens (tertiary/aromatic N) is 4. The molecule has 7 nitrogen and oxygen atoms in total. The van der Waals surface area contributed by atoms with E-state index >= 15 is 0 Å². The van der Waals surface area contributed by atoms with Gasteiger partial charge in [-0.1, -0.05) is 0 Å². The zero-order chi connectivity index (χ0) is 15.6. The Balaban J connectivity index is 1.60. The zero-order valence-electron chi connectivity index (χ0n) is 13.2. The number of fused-ring (bicyclic) bond motifs is 1. The first-order valence-corrected chi connectivity index (χ1v) is 8.38. The molecular formula is C16H23N5O2. The molecule has 2 fully saturated rings. The van der Waals surface area contributed by atoms with Gasteiger partial charge in [-0.2, -0.15) is 4.98 Å². The first-order valence-electron chi connectivity index (χ1n) is 8.38. The van der Waals surface area contributed by atoms with E-state index in [0.717, 1.165) is 63.5 Å². The molecule has 2 N–H and O–H groups in total. The van der Waals surface area contributed by atoms with Crippen LogP contribution < -0.4 is 15.4 Å². The summed E-state index contributed by atoms with van der Waals surface area (Å²) >= 11 is 0. The molecule has 1 aliphatic carbocycles. The van der Waals surface area contributed by atoms with Crippen molar-refractivity contribution in [1.29, 1.82) is 0 Å². The maximum atomic E-state index is 6.21. The van der Waals surface area contributed by atoms with Gasteiger partial charge in [0, 0.05) is 37.6 Å². The molecule has 1 saturated carbocycles. The minimum Gasteiger partial charge on any atom is -0.461 e. The average Bonchev–Trinajstić information content (AvgIpc) is 3.06. The predicted molar refractivity (Wildman–Crippen MR) is 86.9 cm³/mol. The van der Waals surface area contributed by atoms with Crippen LogP contribution in [0.2, 0.25) is 0 Å². The van der Waals surface area contributed by atoms with Crippen molar-refractivity contribution >= 4 is 11.5 Å². The summed E-state index contributed by atoms with van der Waals surface area (Å²) in [6.45, 7) is 3.17. The Morgan fingerprint density at radius 3 is 2.74 bits per heavy atom. The van der Waals surface area contributed by atoms with Gasteiger partial charge in [-0.05, 0) is 25.7 Å². The number of ether oxygens (including phenoxy) is 2. The first-order chi connectivity index (χ1) is 11.3. The van der Waals surface area contributed by atoms with Gasteiger partial charge in [0.15, 0.2) is 0 Å². The molecule has 124 valence electrons. The van der Waals surface area contributed by atoms with Gasteiger partial charge in [-0.25, -0.2) is 4.98 Å². The van der Waals surface area contributed by atoms with Crippen molar-refractivity contribution in [1.82, 2.24) is 14.4 Å². The van der Waals surface area contributed by atoms with Crippen molar-refractivity contribution in [3.63, 3.8) is 0 Å². The molecule has 1 saturated heterocycles. The summed E-state index contributed by atoms with van der Waals surface area (Å²) in [7, 11) is 0. The quantitative estimate of drug-likeness (QED) is 0.917. The second-order valence-corrected chi connectivity index (χ2v) is 6.31. The summed E-state index contributed by atoms with van der Waals surface area (Å²) in [6.07, 6.45) is 7.87. The lowest BCUT2D eigenvalue weighted by Crippen LogP contribution is -2.37. The lowest BCUT2D eigenvalue weighted by Gasteiger charge is -2.29. The van der Waals surface area contributed by atoms with Crippen LogP contribution in [0.4, 0.5) is 5.82 Å². The fraction of sp³-hybridized carbons (Fsp3) is 0.625. The topological polar surface area (TPSA) is 77.9 Å². The molecule has 2 aliphatic rings. The summed E-state index contributed by atoms with van der Waals surface area (Å²) in [6, 6.07) is 2.95. The van der Waals surface area contributed by atoms with Gasteiger partial charge < -0.3 is 20.1 Å². The van der Waals surface area contributed by atoms with Gasteiger partial charge >= 0.3 is 6.01 Å². The number of rotatable bonds is 3. The Hall–Kier alpha value is -1.86. The van der Waals surface area contributed by atoms with Crippen LogP contribution in [0, 0.1) is 0 Å². The highest BCUT2D eigenvalue weighted by Gasteiger charge is 2.22. The van der Waals surface area contributed by atoms with Crippen LogP contribution >= 0.6 is 0 Å². The van der Waals surface area contributed by atoms with E-state index in [1.807, 2.05) is 16.7 Å². The van der Waals surface area contributed by atoms with Crippen molar-refractivity contribution < 1.29 is 9.47 Å². The molecule has 4 rings (SSSR count). The van der Waals surface area contributed by atoms with Gasteiger partial charge in [0.25, 0.3) is 0 Å². The Morgan fingerprint density at radius 2 is 1.96 bits per heavy atom. The van der Waals surface area contributed by atoms with E-state index in [1.165, 1.54) is 0 Å². The van der Waals surface area contributed by atoms with E-state index in [1.54, 1.807) is 6.20 Å². The summed E-state index contributed by atoms with van der Waals surface area (Å²) in [5.41, 5.74) is 6.85. The number of hydrogen-bond acceptors (Lipinski definition) is 6. The largest absolute Gasteiger partial charge is 0.461 e. The number of anilines is 1. The van der Waals surface area contributed by atoms with E-state index < -0.39 is 0 Å². The Bertz CT molecular complexity index is 660. The maximum absolute atomic E-state index is 6.21. The number of morpholine rings is 1. The highest BCUT2D eigenvalue weighted by molar-refractivity contribution is 5.53. The van der Waals surface area contributed by atoms with Crippen LogP contribution in [0.5, 0.6) is 6.01 Å². The minimum absolute atomic E-state index is 0.188. The summed E-state index contributed by atoms with van der Waals surface area (Å²) in [5, 5.41) is 0. The van der Waals surface area contributed by atoms with E-state index in [4.69, 9.17) is 20.2 Å². The Morgan fingerprint density at radius 1 is 1.17 bits per heavy atom. The number of imidazole rings is 1. The second-order valence-electron chi connectivity index (χ2n) is 6.31. The molecule has 0 aromatic carbocycles. The Kier molecular flexibility index (Phi) is 4.05. The van der Waals surface area contributed by atoms with Crippen molar-refractivity contribution in [3.8, 4) is 6.01 Å². The van der Waals surface area contributed by atoms with E-state index in [9.17, 15) is 0 Å². The average molecular weight is 317 g/mol. The number of nitrogens with two attached hydrogens (primary N) is 1. The van der Waals surface area contributed by atoms with E-state index in [0.29, 0.717) is 12.1 Å². The molecule has 0 spiro atoms. The molecule has 0 unspecified atom stereocenters. The van der Waals surface area contributed by atoms with Crippen molar-refractivity contribution in [3.05, 3.63) is 18.5 Å². The standard InChI is InChI=1S/C16H23N5O2/c17-12-1-3-13(4-2-12)23-16-19-15(20-7-9-22-10-8-20)11-14-18-5-6-21(14)16/h5-6,11-13H,1-4,7-10,17H2. The number of hydrogen-bond donors (Lipinski definition) is 1. The summed E-state index contributed by atoms with van der Waals surface area (Å²) in [5.74, 6) is 0.912. The molecule has 0 atom stereocenters. The number of aromatic nitrogens is 3.